The normalized spacial score (nSPS) is 15.5. The van der Waals surface area contributed by atoms with E-state index >= 15 is 4.39 Å². The van der Waals surface area contributed by atoms with Crippen LogP contribution in [-0.2, 0) is 0 Å². The number of nitrogens with two attached hydrogens (primary N) is 1. The van der Waals surface area contributed by atoms with Gasteiger partial charge in [0, 0.05) is 30.5 Å². The number of nitriles is 1. The molecule has 1 aromatic heterocycles. The molecule has 3 aromatic rings. The lowest BCUT2D eigenvalue weighted by atomic mass is 9.72. The molecule has 1 saturated heterocycles. The molecule has 154 valence electrons. The van der Waals surface area contributed by atoms with Crippen LogP contribution < -0.4 is 10.6 Å². The van der Waals surface area contributed by atoms with Crippen LogP contribution in [0.1, 0.15) is 30.9 Å². The Morgan fingerprint density at radius 3 is 2.60 bits per heavy atom. The molecule has 4 rings (SSSR count). The van der Waals surface area contributed by atoms with E-state index in [-0.39, 0.29) is 17.8 Å². The van der Waals surface area contributed by atoms with E-state index in [1.807, 2.05) is 23.1 Å². The Hall–Kier alpha value is -3.47. The van der Waals surface area contributed by atoms with E-state index in [2.05, 4.69) is 16.3 Å². The number of anilines is 2. The second-order valence-corrected chi connectivity index (χ2v) is 8.05. The lowest BCUT2D eigenvalue weighted by molar-refractivity contribution is 0.118. The minimum absolute atomic E-state index is 0.0563. The average molecular weight is 409 g/mol. The van der Waals surface area contributed by atoms with Gasteiger partial charge in [-0.2, -0.15) is 5.26 Å². The summed E-state index contributed by atoms with van der Waals surface area (Å²) < 4.78 is 34.9. The summed E-state index contributed by atoms with van der Waals surface area (Å²) in [6.07, 6.45) is 0. The minimum atomic E-state index is -1.59. The first kappa shape index (κ1) is 19.8. The molecule has 1 fully saturated rings. The van der Waals surface area contributed by atoms with Gasteiger partial charge in [0.2, 0.25) is 5.89 Å². The molecule has 0 aliphatic carbocycles. The summed E-state index contributed by atoms with van der Waals surface area (Å²) in [6, 6.07) is 13.7. The summed E-state index contributed by atoms with van der Waals surface area (Å²) in [6.45, 7) is 4.13. The van der Waals surface area contributed by atoms with Crippen molar-refractivity contribution < 1.29 is 13.2 Å². The molecule has 1 atom stereocenters. The zero-order valence-electron chi connectivity index (χ0n) is 16.6. The highest BCUT2D eigenvalue weighted by Crippen LogP contribution is 2.44. The Bertz CT molecular complexity index is 1110. The number of rotatable bonds is 5. The maximum absolute atomic E-state index is 15.3. The quantitative estimate of drug-likeness (QED) is 0.676. The Kier molecular flexibility index (Phi) is 4.90. The van der Waals surface area contributed by atoms with Gasteiger partial charge in [-0.1, -0.05) is 17.2 Å². The first-order chi connectivity index (χ1) is 14.3. The van der Waals surface area contributed by atoms with E-state index in [9.17, 15) is 9.65 Å². The van der Waals surface area contributed by atoms with Crippen LogP contribution in [0.3, 0.4) is 0 Å². The number of hydrogen-bond acceptors (Lipinski definition) is 6. The fourth-order valence-electron chi connectivity index (χ4n) is 4.26. The Morgan fingerprint density at radius 1 is 1.23 bits per heavy atom. The predicted molar refractivity (Wildman–Crippen MR) is 109 cm³/mol. The van der Waals surface area contributed by atoms with Crippen LogP contribution in [0.4, 0.5) is 20.5 Å². The molecular formula is C22H21F2N5O. The largest absolute Gasteiger partial charge is 0.404 e. The summed E-state index contributed by atoms with van der Waals surface area (Å²) in [5.74, 6) is -1.04. The molecule has 8 heteroatoms. The van der Waals surface area contributed by atoms with Gasteiger partial charge in [-0.05, 0) is 49.7 Å². The van der Waals surface area contributed by atoms with Crippen LogP contribution >= 0.6 is 0 Å². The second kappa shape index (κ2) is 7.41. The fourth-order valence-corrected chi connectivity index (χ4v) is 4.26. The number of nitrogen functional groups attached to an aromatic ring is 1. The average Bonchev–Trinajstić information content (AvgIpc) is 3.09. The molecule has 1 aliphatic rings. The number of hydrogen-bond donors (Lipinski definition) is 1. The van der Waals surface area contributed by atoms with Crippen LogP contribution in [0, 0.1) is 23.1 Å². The molecule has 2 heterocycles. The van der Waals surface area contributed by atoms with Gasteiger partial charge in [0.1, 0.15) is 17.6 Å². The number of halogens is 2. The van der Waals surface area contributed by atoms with Gasteiger partial charge >= 0.3 is 6.01 Å². The van der Waals surface area contributed by atoms with Gasteiger partial charge in [-0.15, -0.1) is 5.10 Å². The molecule has 0 amide bonds. The van der Waals surface area contributed by atoms with Crippen LogP contribution in [-0.4, -0.2) is 29.0 Å². The summed E-state index contributed by atoms with van der Waals surface area (Å²) >= 11 is 0. The molecule has 2 aromatic carbocycles. The second-order valence-electron chi connectivity index (χ2n) is 8.05. The van der Waals surface area contributed by atoms with Crippen LogP contribution in [0.5, 0.6) is 0 Å². The fraction of sp³-hybridized carbons (Fsp3) is 0.318. The van der Waals surface area contributed by atoms with Crippen molar-refractivity contribution >= 4 is 11.7 Å². The van der Waals surface area contributed by atoms with Crippen molar-refractivity contribution in [3.05, 3.63) is 59.4 Å². The van der Waals surface area contributed by atoms with Crippen molar-refractivity contribution in [2.75, 3.05) is 23.7 Å². The number of nitrogens with zero attached hydrogens (tertiary/aromatic N) is 4. The van der Waals surface area contributed by atoms with E-state index in [4.69, 9.17) is 10.2 Å². The van der Waals surface area contributed by atoms with Crippen molar-refractivity contribution in [3.8, 4) is 17.5 Å². The third-order valence-corrected chi connectivity index (χ3v) is 5.45. The third kappa shape index (κ3) is 3.71. The first-order valence-electron chi connectivity index (χ1n) is 9.59. The zero-order valence-corrected chi connectivity index (χ0v) is 16.6. The number of alkyl halides is 1. The van der Waals surface area contributed by atoms with E-state index in [0.29, 0.717) is 29.8 Å². The van der Waals surface area contributed by atoms with E-state index < -0.39 is 17.4 Å². The van der Waals surface area contributed by atoms with Crippen molar-refractivity contribution in [1.29, 1.82) is 5.26 Å². The number of benzene rings is 2. The number of para-hydroxylation sites is 1. The van der Waals surface area contributed by atoms with Gasteiger partial charge in [-0.3, -0.25) is 0 Å². The Morgan fingerprint density at radius 2 is 1.97 bits per heavy atom. The Labute approximate surface area is 172 Å². The predicted octanol–water partition coefficient (Wildman–Crippen LogP) is 4.30. The molecule has 1 unspecified atom stereocenters. The van der Waals surface area contributed by atoms with Crippen molar-refractivity contribution in [3.63, 3.8) is 0 Å². The van der Waals surface area contributed by atoms with E-state index in [1.54, 1.807) is 12.1 Å². The molecular weight excluding hydrogens is 388 g/mol. The molecule has 2 N–H and O–H groups in total. The summed E-state index contributed by atoms with van der Waals surface area (Å²) in [4.78, 5) is 2.04. The Balaban J connectivity index is 1.64. The lowest BCUT2D eigenvalue weighted by Gasteiger charge is -2.48. The third-order valence-electron chi connectivity index (χ3n) is 5.45. The van der Waals surface area contributed by atoms with Gasteiger partial charge in [0.15, 0.2) is 0 Å². The highest BCUT2D eigenvalue weighted by atomic mass is 19.1. The monoisotopic (exact) mass is 409 g/mol. The smallest absolute Gasteiger partial charge is 0.313 e. The topological polar surface area (TPSA) is 92.0 Å². The number of aromatic nitrogens is 2. The minimum Gasteiger partial charge on any atom is -0.404 e. The van der Waals surface area contributed by atoms with Crippen molar-refractivity contribution in [2.45, 2.75) is 25.4 Å². The summed E-state index contributed by atoms with van der Waals surface area (Å²) in [5, 5.41) is 16.7. The van der Waals surface area contributed by atoms with Crippen molar-refractivity contribution in [2.24, 2.45) is 5.92 Å². The van der Waals surface area contributed by atoms with E-state index in [0.717, 1.165) is 5.69 Å². The van der Waals surface area contributed by atoms with Crippen LogP contribution in [0.15, 0.2) is 46.9 Å². The molecule has 6 nitrogen and oxygen atoms in total. The summed E-state index contributed by atoms with van der Waals surface area (Å²) in [7, 11) is 0. The van der Waals surface area contributed by atoms with Crippen molar-refractivity contribution in [1.82, 2.24) is 10.2 Å². The van der Waals surface area contributed by atoms with Gasteiger partial charge in [-0.25, -0.2) is 8.78 Å². The molecule has 30 heavy (non-hydrogen) atoms. The highest BCUT2D eigenvalue weighted by Gasteiger charge is 2.43. The molecule has 1 aliphatic heterocycles. The lowest BCUT2D eigenvalue weighted by Crippen LogP contribution is -2.53. The van der Waals surface area contributed by atoms with Gasteiger partial charge in [0.25, 0.3) is 0 Å². The zero-order chi connectivity index (χ0) is 21.5. The van der Waals surface area contributed by atoms with E-state index in [1.165, 1.54) is 26.0 Å². The maximum Gasteiger partial charge on any atom is 0.313 e. The molecule has 0 radical (unpaired) electrons. The molecule has 0 bridgehead atoms. The highest BCUT2D eigenvalue weighted by molar-refractivity contribution is 5.61. The van der Waals surface area contributed by atoms with Crippen LogP contribution in [0.2, 0.25) is 0 Å². The molecule has 0 saturated carbocycles. The SMILES string of the molecule is CC(C)(F)C(c1cc(F)cc(-c2nnc(N)o2)c1)C1CN(c2ccccc2C#N)C1. The maximum atomic E-state index is 15.3. The standard InChI is InChI=1S/C22H21F2N5O/c1-22(2,24)19(16-11-29(12-16)18-6-4-3-5-13(18)10-25)14-7-15(9-17(23)8-14)20-27-28-21(26)30-20/h3-9,16,19H,11-12H2,1-2H3,(H2,26,28). The first-order valence-corrected chi connectivity index (χ1v) is 9.59. The molecule has 0 spiro atoms. The van der Waals surface area contributed by atoms with Gasteiger partial charge < -0.3 is 15.1 Å². The summed E-state index contributed by atoms with van der Waals surface area (Å²) in [5.41, 5.74) is 6.16. The van der Waals surface area contributed by atoms with Crippen LogP contribution in [0.25, 0.3) is 11.5 Å². The van der Waals surface area contributed by atoms with Gasteiger partial charge in [0.05, 0.1) is 11.3 Å².